The van der Waals surface area contributed by atoms with Gasteiger partial charge in [-0.3, -0.25) is 4.79 Å². The fraction of sp³-hybridized carbons (Fsp3) is 0.462. The maximum atomic E-state index is 11.9. The van der Waals surface area contributed by atoms with Gasteiger partial charge in [0.1, 0.15) is 5.75 Å². The second-order valence-corrected chi connectivity index (χ2v) is 4.41. The van der Waals surface area contributed by atoms with Crippen molar-refractivity contribution in [2.75, 3.05) is 13.1 Å². The van der Waals surface area contributed by atoms with Gasteiger partial charge in [-0.1, -0.05) is 6.07 Å². The average molecular weight is 234 g/mol. The van der Waals surface area contributed by atoms with Crippen LogP contribution >= 0.6 is 0 Å². The van der Waals surface area contributed by atoms with Crippen LogP contribution in [0.25, 0.3) is 0 Å². The molecule has 1 aromatic carbocycles. The Kier molecular flexibility index (Phi) is 3.64. The van der Waals surface area contributed by atoms with E-state index in [0.717, 1.165) is 24.9 Å². The molecule has 1 aliphatic heterocycles. The Morgan fingerprint density at radius 3 is 3.00 bits per heavy atom. The van der Waals surface area contributed by atoms with Crippen LogP contribution in [0.15, 0.2) is 18.2 Å². The third-order valence-electron chi connectivity index (χ3n) is 3.15. The highest BCUT2D eigenvalue weighted by Crippen LogP contribution is 2.23. The first-order valence-electron chi connectivity index (χ1n) is 5.99. The molecule has 4 nitrogen and oxygen atoms in total. The number of nitrogens with zero attached hydrogens (tertiary/aromatic N) is 1. The second kappa shape index (κ2) is 5.19. The molecule has 0 aliphatic carbocycles. The highest BCUT2D eigenvalue weighted by atomic mass is 16.3. The Hall–Kier alpha value is -1.55. The normalized spacial score (nSPS) is 14.5. The van der Waals surface area contributed by atoms with Gasteiger partial charge in [-0.05, 0) is 42.6 Å². The van der Waals surface area contributed by atoms with Crippen molar-refractivity contribution in [3.8, 4) is 5.75 Å². The number of carbonyl (C=O) groups is 1. The summed E-state index contributed by atoms with van der Waals surface area (Å²) in [7, 11) is 0. The molecule has 0 aromatic heterocycles. The van der Waals surface area contributed by atoms with Crippen molar-refractivity contribution in [2.45, 2.75) is 25.8 Å². The maximum Gasteiger partial charge on any atom is 0.222 e. The van der Waals surface area contributed by atoms with Crippen molar-refractivity contribution in [3.05, 3.63) is 29.3 Å². The van der Waals surface area contributed by atoms with Gasteiger partial charge in [0.15, 0.2) is 0 Å². The largest absolute Gasteiger partial charge is 0.508 e. The third kappa shape index (κ3) is 2.77. The van der Waals surface area contributed by atoms with E-state index in [1.165, 1.54) is 5.56 Å². The zero-order chi connectivity index (χ0) is 12.3. The van der Waals surface area contributed by atoms with Crippen LogP contribution in [0.1, 0.15) is 24.0 Å². The van der Waals surface area contributed by atoms with Crippen LogP contribution in [-0.2, 0) is 17.8 Å². The lowest BCUT2D eigenvalue weighted by molar-refractivity contribution is -0.132. The van der Waals surface area contributed by atoms with Gasteiger partial charge in [-0.25, -0.2) is 0 Å². The lowest BCUT2D eigenvalue weighted by Gasteiger charge is -2.29. The zero-order valence-electron chi connectivity index (χ0n) is 9.85. The first-order valence-corrected chi connectivity index (χ1v) is 5.99. The highest BCUT2D eigenvalue weighted by molar-refractivity contribution is 5.76. The Bertz CT molecular complexity index is 418. The predicted octanol–water partition coefficient (Wildman–Crippen LogP) is 1.02. The molecule has 0 fully saturated rings. The molecule has 0 atom stereocenters. The summed E-state index contributed by atoms with van der Waals surface area (Å²) in [5.41, 5.74) is 7.68. The molecule has 1 aliphatic rings. The first-order chi connectivity index (χ1) is 8.20. The van der Waals surface area contributed by atoms with Crippen LogP contribution in [0.3, 0.4) is 0 Å². The molecule has 0 bridgehead atoms. The van der Waals surface area contributed by atoms with E-state index in [0.29, 0.717) is 19.5 Å². The van der Waals surface area contributed by atoms with E-state index >= 15 is 0 Å². The Balaban J connectivity index is 2.04. The standard InChI is InChI=1S/C13H18N2O2/c14-6-1-2-13(17)15-7-5-10-3-4-12(16)8-11(10)9-15/h3-4,8,16H,1-2,5-7,9,14H2. The van der Waals surface area contributed by atoms with Crippen molar-refractivity contribution in [3.63, 3.8) is 0 Å². The van der Waals surface area contributed by atoms with Gasteiger partial charge in [-0.2, -0.15) is 0 Å². The number of fused-ring (bicyclic) bond motifs is 1. The van der Waals surface area contributed by atoms with E-state index in [1.54, 1.807) is 12.1 Å². The summed E-state index contributed by atoms with van der Waals surface area (Å²) in [5, 5.41) is 9.43. The highest BCUT2D eigenvalue weighted by Gasteiger charge is 2.20. The van der Waals surface area contributed by atoms with Crippen LogP contribution in [0.4, 0.5) is 0 Å². The summed E-state index contributed by atoms with van der Waals surface area (Å²) in [6, 6.07) is 5.38. The van der Waals surface area contributed by atoms with Gasteiger partial charge in [0, 0.05) is 19.5 Å². The van der Waals surface area contributed by atoms with Crippen molar-refractivity contribution in [1.29, 1.82) is 0 Å². The number of carbonyl (C=O) groups excluding carboxylic acids is 1. The Labute approximate surface area is 101 Å². The minimum absolute atomic E-state index is 0.157. The predicted molar refractivity (Wildman–Crippen MR) is 65.5 cm³/mol. The fourth-order valence-electron chi connectivity index (χ4n) is 2.17. The molecule has 17 heavy (non-hydrogen) atoms. The molecule has 3 N–H and O–H groups in total. The first kappa shape index (κ1) is 11.9. The molecule has 2 rings (SSSR count). The van der Waals surface area contributed by atoms with Crippen LogP contribution in [0, 0.1) is 0 Å². The van der Waals surface area contributed by atoms with Crippen LogP contribution < -0.4 is 5.73 Å². The Morgan fingerprint density at radius 1 is 1.41 bits per heavy atom. The molecule has 0 spiro atoms. The van der Waals surface area contributed by atoms with Crippen molar-refractivity contribution >= 4 is 5.91 Å². The summed E-state index contributed by atoms with van der Waals surface area (Å²) in [6.07, 6.45) is 2.12. The van der Waals surface area contributed by atoms with Gasteiger partial charge >= 0.3 is 0 Å². The van der Waals surface area contributed by atoms with Gasteiger partial charge in [-0.15, -0.1) is 0 Å². The fourth-order valence-corrected chi connectivity index (χ4v) is 2.17. The van der Waals surface area contributed by atoms with E-state index in [-0.39, 0.29) is 11.7 Å². The lowest BCUT2D eigenvalue weighted by Crippen LogP contribution is -2.36. The van der Waals surface area contributed by atoms with Gasteiger partial charge in [0.2, 0.25) is 5.91 Å². The summed E-state index contributed by atoms with van der Waals surface area (Å²) in [5.74, 6) is 0.421. The number of benzene rings is 1. The molecule has 0 unspecified atom stereocenters. The number of rotatable bonds is 3. The van der Waals surface area contributed by atoms with Crippen molar-refractivity contribution < 1.29 is 9.90 Å². The number of nitrogens with two attached hydrogens (primary N) is 1. The summed E-state index contributed by atoms with van der Waals surface area (Å²) in [6.45, 7) is 1.92. The Morgan fingerprint density at radius 2 is 2.24 bits per heavy atom. The maximum absolute atomic E-state index is 11.9. The zero-order valence-corrected chi connectivity index (χ0v) is 9.85. The van der Waals surface area contributed by atoms with Crippen LogP contribution in [0.2, 0.25) is 0 Å². The van der Waals surface area contributed by atoms with Crippen LogP contribution in [-0.4, -0.2) is 29.0 Å². The number of hydrogen-bond donors (Lipinski definition) is 2. The minimum atomic E-state index is 0.157. The summed E-state index contributed by atoms with van der Waals surface area (Å²) in [4.78, 5) is 13.7. The van der Waals surface area contributed by atoms with E-state index in [1.807, 2.05) is 11.0 Å². The topological polar surface area (TPSA) is 66.6 Å². The second-order valence-electron chi connectivity index (χ2n) is 4.41. The smallest absolute Gasteiger partial charge is 0.222 e. The number of aromatic hydroxyl groups is 1. The van der Waals surface area contributed by atoms with Gasteiger partial charge in [0.25, 0.3) is 0 Å². The molecule has 92 valence electrons. The molecule has 1 aromatic rings. The summed E-state index contributed by atoms with van der Waals surface area (Å²) < 4.78 is 0. The number of phenols is 1. The van der Waals surface area contributed by atoms with E-state index in [9.17, 15) is 9.90 Å². The molecule has 1 heterocycles. The van der Waals surface area contributed by atoms with Gasteiger partial charge in [0.05, 0.1) is 0 Å². The minimum Gasteiger partial charge on any atom is -0.508 e. The number of hydrogen-bond acceptors (Lipinski definition) is 3. The van der Waals surface area contributed by atoms with E-state index < -0.39 is 0 Å². The average Bonchev–Trinajstić information content (AvgIpc) is 2.35. The quantitative estimate of drug-likeness (QED) is 0.820. The molecular weight excluding hydrogens is 216 g/mol. The molecule has 0 saturated carbocycles. The van der Waals surface area contributed by atoms with Crippen molar-refractivity contribution in [2.24, 2.45) is 5.73 Å². The summed E-state index contributed by atoms with van der Waals surface area (Å²) >= 11 is 0. The molecule has 0 saturated heterocycles. The molecule has 0 radical (unpaired) electrons. The third-order valence-corrected chi connectivity index (χ3v) is 3.15. The van der Waals surface area contributed by atoms with E-state index in [4.69, 9.17) is 5.73 Å². The van der Waals surface area contributed by atoms with Gasteiger partial charge < -0.3 is 15.7 Å². The van der Waals surface area contributed by atoms with Crippen LogP contribution in [0.5, 0.6) is 5.75 Å². The molecule has 4 heteroatoms. The molecule has 1 amide bonds. The number of amides is 1. The van der Waals surface area contributed by atoms with Crippen molar-refractivity contribution in [1.82, 2.24) is 4.90 Å². The molecular formula is C13H18N2O2. The SMILES string of the molecule is NCCCC(=O)N1CCc2ccc(O)cc2C1. The van der Waals surface area contributed by atoms with E-state index in [2.05, 4.69) is 0 Å². The monoisotopic (exact) mass is 234 g/mol. The number of phenolic OH excluding ortho intramolecular Hbond substituents is 1. The lowest BCUT2D eigenvalue weighted by atomic mass is 9.99.